The Morgan fingerprint density at radius 2 is 2.43 bits per heavy atom. The van der Waals surface area contributed by atoms with Gasteiger partial charge in [0.15, 0.2) is 0 Å². The van der Waals surface area contributed by atoms with E-state index >= 15 is 0 Å². The number of likely N-dealkylation sites (tertiary alicyclic amines) is 1. The van der Waals surface area contributed by atoms with Gasteiger partial charge in [-0.15, -0.1) is 0 Å². The molecular weight excluding hydrogens is 248 g/mol. The van der Waals surface area contributed by atoms with Gasteiger partial charge in [0.05, 0.1) is 4.83 Å². The third-order valence-electron chi connectivity index (χ3n) is 2.50. The monoisotopic (exact) mass is 262 g/mol. The summed E-state index contributed by atoms with van der Waals surface area (Å²) >= 11 is 3.30. The molecule has 2 N–H and O–H groups in total. The molecule has 1 fully saturated rings. The van der Waals surface area contributed by atoms with Gasteiger partial charge in [0.2, 0.25) is 11.8 Å². The minimum Gasteiger partial charge on any atom is -0.368 e. The van der Waals surface area contributed by atoms with Gasteiger partial charge >= 0.3 is 0 Å². The second-order valence-corrected chi connectivity index (χ2v) is 4.57. The quantitative estimate of drug-likeness (QED) is 0.759. The Bertz CT molecular complexity index is 245. The predicted molar refractivity (Wildman–Crippen MR) is 56.9 cm³/mol. The molecule has 14 heavy (non-hydrogen) atoms. The first-order valence-electron chi connectivity index (χ1n) is 4.81. The van der Waals surface area contributed by atoms with Crippen molar-refractivity contribution in [2.24, 2.45) is 5.73 Å². The molecule has 0 spiro atoms. The number of nitrogens with two attached hydrogens (primary N) is 1. The molecule has 1 rings (SSSR count). The fourth-order valence-corrected chi connectivity index (χ4v) is 2.33. The molecule has 2 amide bonds. The molecule has 0 aromatic rings. The minimum absolute atomic E-state index is 0.0121. The average molecular weight is 263 g/mol. The first-order valence-corrected chi connectivity index (χ1v) is 5.73. The van der Waals surface area contributed by atoms with Gasteiger partial charge < -0.3 is 10.6 Å². The number of amides is 2. The summed E-state index contributed by atoms with van der Waals surface area (Å²) < 4.78 is 0. The summed E-state index contributed by atoms with van der Waals surface area (Å²) in [6.07, 6.45) is 2.34. The molecule has 0 bridgehead atoms. The van der Waals surface area contributed by atoms with E-state index in [1.54, 1.807) is 4.90 Å². The summed E-state index contributed by atoms with van der Waals surface area (Å²) in [7, 11) is 0. The fourth-order valence-electron chi connectivity index (χ4n) is 1.74. The van der Waals surface area contributed by atoms with Gasteiger partial charge in [-0.2, -0.15) is 0 Å². The maximum atomic E-state index is 11.7. The number of carbonyl (C=O) groups excluding carboxylic acids is 2. The molecule has 4 nitrogen and oxygen atoms in total. The van der Waals surface area contributed by atoms with Crippen LogP contribution in [0.25, 0.3) is 0 Å². The molecule has 1 saturated heterocycles. The lowest BCUT2D eigenvalue weighted by molar-refractivity contribution is -0.140. The zero-order valence-corrected chi connectivity index (χ0v) is 9.79. The second-order valence-electron chi connectivity index (χ2n) is 3.47. The molecule has 5 heteroatoms. The smallest absolute Gasteiger partial charge is 0.240 e. The van der Waals surface area contributed by atoms with Crippen molar-refractivity contribution in [2.75, 3.05) is 6.54 Å². The van der Waals surface area contributed by atoms with E-state index in [-0.39, 0.29) is 10.7 Å². The highest BCUT2D eigenvalue weighted by Crippen LogP contribution is 2.21. The van der Waals surface area contributed by atoms with E-state index < -0.39 is 11.9 Å². The number of piperidine rings is 1. The van der Waals surface area contributed by atoms with Gasteiger partial charge in [0, 0.05) is 6.54 Å². The SMILES string of the molecule is CCC(C(N)=O)N1CCCC(Br)C1=O. The Balaban J connectivity index is 2.74. The van der Waals surface area contributed by atoms with Crippen molar-refractivity contribution in [3.05, 3.63) is 0 Å². The number of halogens is 1. The molecule has 2 unspecified atom stereocenters. The molecule has 80 valence electrons. The molecule has 0 aliphatic carbocycles. The van der Waals surface area contributed by atoms with Crippen molar-refractivity contribution in [2.45, 2.75) is 37.1 Å². The largest absolute Gasteiger partial charge is 0.368 e. The summed E-state index contributed by atoms with van der Waals surface area (Å²) in [5.41, 5.74) is 5.24. The normalized spacial score (nSPS) is 24.9. The zero-order valence-electron chi connectivity index (χ0n) is 8.20. The average Bonchev–Trinajstić information content (AvgIpc) is 2.13. The van der Waals surface area contributed by atoms with Crippen LogP contribution in [0.5, 0.6) is 0 Å². The third kappa shape index (κ3) is 2.26. The first kappa shape index (κ1) is 11.5. The van der Waals surface area contributed by atoms with E-state index in [0.29, 0.717) is 13.0 Å². The standard InChI is InChI=1S/C9H15BrN2O2/c1-2-7(8(11)13)12-5-3-4-6(10)9(12)14/h6-7H,2-5H2,1H3,(H2,11,13). The van der Waals surface area contributed by atoms with Crippen LogP contribution in [0.1, 0.15) is 26.2 Å². The second kappa shape index (κ2) is 4.77. The first-order chi connectivity index (χ1) is 6.57. The highest BCUT2D eigenvalue weighted by Gasteiger charge is 2.33. The predicted octanol–water partition coefficient (Wildman–Crippen LogP) is 0.636. The van der Waals surface area contributed by atoms with Gasteiger partial charge in [-0.05, 0) is 19.3 Å². The lowest BCUT2D eigenvalue weighted by atomic mass is 10.1. The number of primary amides is 1. The van der Waals surface area contributed by atoms with Crippen molar-refractivity contribution >= 4 is 27.7 Å². The Morgan fingerprint density at radius 1 is 1.79 bits per heavy atom. The van der Waals surface area contributed by atoms with E-state index in [1.807, 2.05) is 6.92 Å². The number of rotatable bonds is 3. The maximum absolute atomic E-state index is 11.7. The Hall–Kier alpha value is -0.580. The summed E-state index contributed by atoms with van der Waals surface area (Å²) in [6, 6.07) is -0.442. The Labute approximate surface area is 91.9 Å². The van der Waals surface area contributed by atoms with Crippen LogP contribution in [0, 0.1) is 0 Å². The highest BCUT2D eigenvalue weighted by atomic mass is 79.9. The highest BCUT2D eigenvalue weighted by molar-refractivity contribution is 9.10. The topological polar surface area (TPSA) is 63.4 Å². The molecule has 1 aliphatic heterocycles. The van der Waals surface area contributed by atoms with Gasteiger partial charge in [0.25, 0.3) is 0 Å². The zero-order chi connectivity index (χ0) is 10.7. The van der Waals surface area contributed by atoms with Crippen LogP contribution >= 0.6 is 15.9 Å². The molecule has 0 saturated carbocycles. The molecule has 1 heterocycles. The molecule has 0 aromatic heterocycles. The third-order valence-corrected chi connectivity index (χ3v) is 3.35. The maximum Gasteiger partial charge on any atom is 0.240 e. The number of hydrogen-bond donors (Lipinski definition) is 1. The summed E-state index contributed by atoms with van der Waals surface area (Å²) in [5.74, 6) is -0.427. The van der Waals surface area contributed by atoms with Crippen LogP contribution in [0.3, 0.4) is 0 Å². The van der Waals surface area contributed by atoms with Crippen LogP contribution in [-0.2, 0) is 9.59 Å². The van der Waals surface area contributed by atoms with E-state index in [9.17, 15) is 9.59 Å². The Kier molecular flexibility index (Phi) is 3.92. The van der Waals surface area contributed by atoms with Crippen LogP contribution in [0.15, 0.2) is 0 Å². The summed E-state index contributed by atoms with van der Waals surface area (Å²) in [6.45, 7) is 2.50. The minimum atomic E-state index is -0.442. The van der Waals surface area contributed by atoms with Crippen molar-refractivity contribution in [1.29, 1.82) is 0 Å². The molecule has 0 radical (unpaired) electrons. The molecule has 0 aromatic carbocycles. The van der Waals surface area contributed by atoms with E-state index in [2.05, 4.69) is 15.9 Å². The molecule has 2 atom stereocenters. The van der Waals surface area contributed by atoms with Crippen molar-refractivity contribution in [3.63, 3.8) is 0 Å². The molecule has 1 aliphatic rings. The van der Waals surface area contributed by atoms with Crippen LogP contribution < -0.4 is 5.73 Å². The van der Waals surface area contributed by atoms with E-state index in [4.69, 9.17) is 5.73 Å². The number of nitrogens with zero attached hydrogens (tertiary/aromatic N) is 1. The van der Waals surface area contributed by atoms with E-state index in [1.165, 1.54) is 0 Å². The number of alkyl halides is 1. The van der Waals surface area contributed by atoms with Crippen molar-refractivity contribution < 1.29 is 9.59 Å². The molecular formula is C9H15BrN2O2. The Morgan fingerprint density at radius 3 is 2.93 bits per heavy atom. The van der Waals surface area contributed by atoms with Crippen LogP contribution in [0.4, 0.5) is 0 Å². The van der Waals surface area contributed by atoms with Crippen molar-refractivity contribution in [1.82, 2.24) is 4.90 Å². The van der Waals surface area contributed by atoms with Gasteiger partial charge in [-0.25, -0.2) is 0 Å². The number of hydrogen-bond acceptors (Lipinski definition) is 2. The summed E-state index contributed by atoms with van der Waals surface area (Å²) in [4.78, 5) is 24.2. The fraction of sp³-hybridized carbons (Fsp3) is 0.778. The van der Waals surface area contributed by atoms with Gasteiger partial charge in [-0.3, -0.25) is 9.59 Å². The van der Waals surface area contributed by atoms with Crippen LogP contribution in [-0.4, -0.2) is 34.1 Å². The summed E-state index contributed by atoms with van der Waals surface area (Å²) in [5, 5.41) is 0. The van der Waals surface area contributed by atoms with Crippen LogP contribution in [0.2, 0.25) is 0 Å². The lowest BCUT2D eigenvalue weighted by Crippen LogP contribution is -2.52. The van der Waals surface area contributed by atoms with Crippen molar-refractivity contribution in [3.8, 4) is 0 Å². The van der Waals surface area contributed by atoms with Gasteiger partial charge in [-0.1, -0.05) is 22.9 Å². The lowest BCUT2D eigenvalue weighted by Gasteiger charge is -2.34. The van der Waals surface area contributed by atoms with Gasteiger partial charge in [0.1, 0.15) is 6.04 Å². The number of carbonyl (C=O) groups is 2. The van der Waals surface area contributed by atoms with E-state index in [0.717, 1.165) is 12.8 Å².